The zero-order valence-corrected chi connectivity index (χ0v) is 16.5. The molecule has 0 saturated carbocycles. The SMILES string of the molecule is O=C1OC(c2ccccc2Cl)=N/C1=C\c1cccc(OCC(=O)c2ccccc2)c1. The molecule has 0 atom stereocenters. The molecule has 148 valence electrons. The summed E-state index contributed by atoms with van der Waals surface area (Å²) in [4.78, 5) is 28.7. The normalized spacial score (nSPS) is 14.4. The highest BCUT2D eigenvalue weighted by atomic mass is 35.5. The lowest BCUT2D eigenvalue weighted by Gasteiger charge is -2.06. The number of ketones is 1. The first-order valence-electron chi connectivity index (χ1n) is 9.19. The molecule has 0 N–H and O–H groups in total. The van der Waals surface area contributed by atoms with Gasteiger partial charge in [0, 0.05) is 5.56 Å². The molecule has 3 aromatic carbocycles. The fourth-order valence-corrected chi connectivity index (χ4v) is 3.08. The predicted octanol–water partition coefficient (Wildman–Crippen LogP) is 4.95. The van der Waals surface area contributed by atoms with Crippen molar-refractivity contribution in [1.82, 2.24) is 0 Å². The molecule has 0 amide bonds. The van der Waals surface area contributed by atoms with Gasteiger partial charge in [-0.2, -0.15) is 0 Å². The summed E-state index contributed by atoms with van der Waals surface area (Å²) < 4.78 is 10.9. The monoisotopic (exact) mass is 417 g/mol. The van der Waals surface area contributed by atoms with Crippen molar-refractivity contribution in [1.29, 1.82) is 0 Å². The molecule has 1 aliphatic rings. The largest absolute Gasteiger partial charge is 0.485 e. The van der Waals surface area contributed by atoms with Crippen LogP contribution in [0.2, 0.25) is 5.02 Å². The van der Waals surface area contributed by atoms with Gasteiger partial charge >= 0.3 is 5.97 Å². The van der Waals surface area contributed by atoms with E-state index in [1.807, 2.05) is 6.07 Å². The summed E-state index contributed by atoms with van der Waals surface area (Å²) in [6.45, 7) is -0.0825. The summed E-state index contributed by atoms with van der Waals surface area (Å²) >= 11 is 6.15. The highest BCUT2D eigenvalue weighted by Crippen LogP contribution is 2.24. The van der Waals surface area contributed by atoms with E-state index in [-0.39, 0.29) is 24.0 Å². The fourth-order valence-electron chi connectivity index (χ4n) is 2.87. The third kappa shape index (κ3) is 4.47. The Labute approximate surface area is 178 Å². The van der Waals surface area contributed by atoms with Gasteiger partial charge in [0.15, 0.2) is 18.1 Å². The van der Waals surface area contributed by atoms with Crippen LogP contribution in [-0.2, 0) is 9.53 Å². The summed E-state index contributed by atoms with van der Waals surface area (Å²) in [5, 5.41) is 0.448. The third-order valence-corrected chi connectivity index (χ3v) is 4.68. The van der Waals surface area contributed by atoms with Crippen molar-refractivity contribution in [3.05, 3.63) is 106 Å². The van der Waals surface area contributed by atoms with E-state index in [4.69, 9.17) is 21.1 Å². The quantitative estimate of drug-likeness (QED) is 0.323. The Bertz CT molecular complexity index is 1170. The van der Waals surface area contributed by atoms with Crippen LogP contribution in [-0.4, -0.2) is 24.3 Å². The number of esters is 1. The highest BCUT2D eigenvalue weighted by Gasteiger charge is 2.25. The Morgan fingerprint density at radius 2 is 1.77 bits per heavy atom. The number of Topliss-reactive ketones (excluding diaryl/α,β-unsaturated/α-hetero) is 1. The lowest BCUT2D eigenvalue weighted by Crippen LogP contribution is -2.11. The van der Waals surface area contributed by atoms with Crippen LogP contribution in [0.4, 0.5) is 0 Å². The van der Waals surface area contributed by atoms with Crippen LogP contribution in [0.1, 0.15) is 21.5 Å². The first kappa shape index (κ1) is 19.6. The van der Waals surface area contributed by atoms with Crippen LogP contribution in [0.15, 0.2) is 89.6 Å². The van der Waals surface area contributed by atoms with Gasteiger partial charge in [0.25, 0.3) is 0 Å². The molecule has 0 unspecified atom stereocenters. The van der Waals surface area contributed by atoms with Crippen molar-refractivity contribution in [3.63, 3.8) is 0 Å². The minimum atomic E-state index is -0.560. The number of carbonyl (C=O) groups is 2. The Kier molecular flexibility index (Phi) is 5.72. The minimum absolute atomic E-state index is 0.0825. The molecule has 1 aliphatic heterocycles. The lowest BCUT2D eigenvalue weighted by atomic mass is 10.1. The smallest absolute Gasteiger partial charge is 0.363 e. The van der Waals surface area contributed by atoms with Gasteiger partial charge in [0.1, 0.15) is 5.75 Å². The van der Waals surface area contributed by atoms with E-state index < -0.39 is 5.97 Å². The van der Waals surface area contributed by atoms with Gasteiger partial charge in [-0.3, -0.25) is 4.79 Å². The fraction of sp³-hybridized carbons (Fsp3) is 0.0417. The van der Waals surface area contributed by atoms with Crippen molar-refractivity contribution in [2.24, 2.45) is 4.99 Å². The third-order valence-electron chi connectivity index (χ3n) is 4.35. The Morgan fingerprint density at radius 1 is 1.00 bits per heavy atom. The van der Waals surface area contributed by atoms with Gasteiger partial charge in [-0.05, 0) is 35.9 Å². The summed E-state index contributed by atoms with van der Waals surface area (Å²) in [6, 6.07) is 23.0. The first-order chi connectivity index (χ1) is 14.6. The maximum absolute atomic E-state index is 12.2. The van der Waals surface area contributed by atoms with Crippen LogP contribution in [0.25, 0.3) is 6.08 Å². The maximum Gasteiger partial charge on any atom is 0.363 e. The molecule has 0 spiro atoms. The number of aliphatic imine (C=N–C) groups is 1. The molecule has 4 rings (SSSR count). The van der Waals surface area contributed by atoms with Crippen LogP contribution in [0, 0.1) is 0 Å². The summed E-state index contributed by atoms with van der Waals surface area (Å²) in [5.74, 6) is -0.00350. The van der Waals surface area contributed by atoms with E-state index in [0.29, 0.717) is 27.5 Å². The van der Waals surface area contributed by atoms with Crippen LogP contribution < -0.4 is 4.74 Å². The van der Waals surface area contributed by atoms with Gasteiger partial charge in [-0.15, -0.1) is 0 Å². The molecule has 0 aliphatic carbocycles. The lowest BCUT2D eigenvalue weighted by molar-refractivity contribution is -0.129. The van der Waals surface area contributed by atoms with Crippen LogP contribution in [0.3, 0.4) is 0 Å². The topological polar surface area (TPSA) is 65.0 Å². The Balaban J connectivity index is 1.50. The van der Waals surface area contributed by atoms with Crippen LogP contribution in [0.5, 0.6) is 5.75 Å². The summed E-state index contributed by atoms with van der Waals surface area (Å²) in [6.07, 6.45) is 1.60. The second-order valence-electron chi connectivity index (χ2n) is 6.47. The number of rotatable bonds is 6. The van der Waals surface area contributed by atoms with Gasteiger partial charge in [0.05, 0.1) is 10.6 Å². The highest BCUT2D eigenvalue weighted by molar-refractivity contribution is 6.34. The van der Waals surface area contributed by atoms with Crippen molar-refractivity contribution in [2.45, 2.75) is 0 Å². The molecule has 0 fully saturated rings. The number of hydrogen-bond donors (Lipinski definition) is 0. The number of benzene rings is 3. The number of halogens is 1. The average Bonchev–Trinajstić information content (AvgIpc) is 3.13. The van der Waals surface area contributed by atoms with Crippen molar-refractivity contribution < 1.29 is 19.1 Å². The molecule has 30 heavy (non-hydrogen) atoms. The zero-order chi connectivity index (χ0) is 20.9. The molecule has 1 heterocycles. The number of carbonyl (C=O) groups excluding carboxylic acids is 2. The second-order valence-corrected chi connectivity index (χ2v) is 6.87. The summed E-state index contributed by atoms with van der Waals surface area (Å²) in [5.41, 5.74) is 1.98. The van der Waals surface area contributed by atoms with Crippen LogP contribution >= 0.6 is 11.6 Å². The number of cyclic esters (lactones) is 1. The summed E-state index contributed by atoms with van der Waals surface area (Å²) in [7, 11) is 0. The Morgan fingerprint density at radius 3 is 2.57 bits per heavy atom. The van der Waals surface area contributed by atoms with Crippen molar-refractivity contribution in [3.8, 4) is 5.75 Å². The van der Waals surface area contributed by atoms with E-state index in [1.54, 1.807) is 78.9 Å². The molecule has 3 aromatic rings. The molecule has 0 bridgehead atoms. The standard InChI is InChI=1S/C24H16ClNO4/c25-20-12-5-4-11-19(20)23-26-21(24(28)30-23)14-16-7-6-10-18(13-16)29-15-22(27)17-8-2-1-3-9-17/h1-14H,15H2/b21-14-. The number of nitrogens with zero attached hydrogens (tertiary/aromatic N) is 1. The molecule has 5 nitrogen and oxygen atoms in total. The van der Waals surface area contributed by atoms with Crippen molar-refractivity contribution in [2.75, 3.05) is 6.61 Å². The minimum Gasteiger partial charge on any atom is -0.485 e. The van der Waals surface area contributed by atoms with Gasteiger partial charge in [0.2, 0.25) is 5.90 Å². The number of ether oxygens (including phenoxy) is 2. The molecule has 0 radical (unpaired) electrons. The van der Waals surface area contributed by atoms with Gasteiger partial charge in [-0.25, -0.2) is 9.79 Å². The van der Waals surface area contributed by atoms with Gasteiger partial charge < -0.3 is 9.47 Å². The molecular weight excluding hydrogens is 402 g/mol. The van der Waals surface area contributed by atoms with Gasteiger partial charge in [-0.1, -0.05) is 66.2 Å². The second kappa shape index (κ2) is 8.76. The van der Waals surface area contributed by atoms with E-state index in [2.05, 4.69) is 4.99 Å². The first-order valence-corrected chi connectivity index (χ1v) is 9.56. The number of hydrogen-bond acceptors (Lipinski definition) is 5. The zero-order valence-electron chi connectivity index (χ0n) is 15.7. The van der Waals surface area contributed by atoms with E-state index in [0.717, 1.165) is 0 Å². The average molecular weight is 418 g/mol. The molecule has 0 aromatic heterocycles. The van der Waals surface area contributed by atoms with E-state index in [1.165, 1.54) is 0 Å². The maximum atomic E-state index is 12.2. The van der Waals surface area contributed by atoms with E-state index >= 15 is 0 Å². The van der Waals surface area contributed by atoms with Crippen molar-refractivity contribution >= 4 is 35.3 Å². The Hall–Kier alpha value is -3.70. The molecular formula is C24H16ClNO4. The molecule has 0 saturated heterocycles. The predicted molar refractivity (Wildman–Crippen MR) is 115 cm³/mol. The van der Waals surface area contributed by atoms with E-state index in [9.17, 15) is 9.59 Å². The molecule has 6 heteroatoms.